The van der Waals surface area contributed by atoms with Gasteiger partial charge in [-0.15, -0.1) is 11.3 Å². The zero-order valence-corrected chi connectivity index (χ0v) is 30.5. The summed E-state index contributed by atoms with van der Waals surface area (Å²) in [7, 11) is 0. The van der Waals surface area contributed by atoms with Crippen molar-refractivity contribution in [2.45, 2.75) is 17.7 Å². The van der Waals surface area contributed by atoms with Gasteiger partial charge in [-0.2, -0.15) is 0 Å². The summed E-state index contributed by atoms with van der Waals surface area (Å²) in [5, 5.41) is 40.3. The van der Waals surface area contributed by atoms with Crippen LogP contribution in [-0.4, -0.2) is 38.0 Å². The number of rotatable bonds is 14. The lowest BCUT2D eigenvalue weighted by Crippen LogP contribution is -2.38. The number of aromatic nitrogens is 1. The number of carboxylic acid groups (broad SMARTS) is 1. The number of phenols is 2. The number of benzene rings is 6. The normalized spacial score (nSPS) is 12.1. The fraction of sp³-hybridized carbons (Fsp3) is 0.0667. The van der Waals surface area contributed by atoms with Gasteiger partial charge in [0.25, 0.3) is 0 Å². The molecule has 0 amide bonds. The number of anilines is 1. The molecule has 1 heterocycles. The molecule has 56 heavy (non-hydrogen) atoms. The summed E-state index contributed by atoms with van der Waals surface area (Å²) in [6.45, 7) is 0. The molecule has 0 aliphatic heterocycles. The number of aliphatic carboxylic acids is 1. The Morgan fingerprint density at radius 3 is 1.59 bits per heavy atom. The number of carbonyl (C=O) groups is 2. The standard InChI is InChI=1S/C45H35N3O7S/c49-37-27-26-32(28-38(37)50)41(43(53)54-40(30-16-6-1-7-17-30)31-18-8-2-9-19-31)55-48-39(42(51)52)36-29-56-44(46-36)47-45(33-20-10-3-11-21-33,34-22-12-4-13-23-34)35-24-14-5-15-25-35/h1-29,40-41,49-50H,(H,46,47)(H,51,52)/t41-/m0/s1. The fourth-order valence-corrected chi connectivity index (χ4v) is 7.14. The molecule has 0 aliphatic rings. The summed E-state index contributed by atoms with van der Waals surface area (Å²) < 4.78 is 6.04. The second-order valence-corrected chi connectivity index (χ2v) is 13.5. The van der Waals surface area contributed by atoms with Gasteiger partial charge in [-0.05, 0) is 39.9 Å². The summed E-state index contributed by atoms with van der Waals surface area (Å²) in [6, 6.07) is 51.4. The Morgan fingerprint density at radius 1 is 0.643 bits per heavy atom. The molecule has 0 spiro atoms. The van der Waals surface area contributed by atoms with Crippen molar-refractivity contribution in [1.29, 1.82) is 0 Å². The number of hydrogen-bond donors (Lipinski definition) is 4. The summed E-state index contributed by atoms with van der Waals surface area (Å²) >= 11 is 1.18. The number of carboxylic acids is 1. The lowest BCUT2D eigenvalue weighted by molar-refractivity contribution is -0.162. The Labute approximate surface area is 326 Å². The predicted molar refractivity (Wildman–Crippen MR) is 214 cm³/mol. The Balaban J connectivity index is 1.25. The molecule has 278 valence electrons. The summed E-state index contributed by atoms with van der Waals surface area (Å²) in [5.41, 5.74) is 2.63. The highest BCUT2D eigenvalue weighted by atomic mass is 32.1. The molecular formula is C45H35N3O7S. The van der Waals surface area contributed by atoms with Crippen molar-refractivity contribution < 1.29 is 34.5 Å². The van der Waals surface area contributed by atoms with Gasteiger partial charge >= 0.3 is 11.9 Å². The van der Waals surface area contributed by atoms with Gasteiger partial charge < -0.3 is 30.2 Å². The van der Waals surface area contributed by atoms with E-state index in [1.165, 1.54) is 28.8 Å². The van der Waals surface area contributed by atoms with Crippen LogP contribution in [0.1, 0.15) is 51.3 Å². The first kappa shape index (κ1) is 37.1. The number of hydrogen-bond acceptors (Lipinski definition) is 10. The van der Waals surface area contributed by atoms with E-state index in [1.54, 1.807) is 0 Å². The van der Waals surface area contributed by atoms with Gasteiger partial charge in [0.1, 0.15) is 11.2 Å². The number of phenolic OH excluding ortho intramolecular Hbond substituents is 2. The van der Waals surface area contributed by atoms with Crippen molar-refractivity contribution in [2.24, 2.45) is 5.16 Å². The first-order valence-electron chi connectivity index (χ1n) is 17.5. The van der Waals surface area contributed by atoms with E-state index in [2.05, 4.69) is 15.5 Å². The third-order valence-electron chi connectivity index (χ3n) is 9.07. The van der Waals surface area contributed by atoms with Crippen LogP contribution in [0.3, 0.4) is 0 Å². The number of carbonyl (C=O) groups excluding carboxylic acids is 1. The van der Waals surface area contributed by atoms with Crippen molar-refractivity contribution in [3.05, 3.63) is 214 Å². The third-order valence-corrected chi connectivity index (χ3v) is 9.83. The van der Waals surface area contributed by atoms with Crippen molar-refractivity contribution in [1.82, 2.24) is 4.98 Å². The van der Waals surface area contributed by atoms with Gasteiger partial charge in [0, 0.05) is 10.9 Å². The molecule has 7 rings (SSSR count). The van der Waals surface area contributed by atoms with Crippen LogP contribution in [0.2, 0.25) is 0 Å². The lowest BCUT2D eigenvalue weighted by atomic mass is 9.77. The minimum Gasteiger partial charge on any atom is -0.504 e. The van der Waals surface area contributed by atoms with Crippen molar-refractivity contribution in [3.8, 4) is 11.5 Å². The maximum atomic E-state index is 14.0. The molecule has 10 nitrogen and oxygen atoms in total. The molecular weight excluding hydrogens is 727 g/mol. The fourth-order valence-electron chi connectivity index (χ4n) is 6.39. The first-order valence-corrected chi connectivity index (χ1v) is 18.4. The van der Waals surface area contributed by atoms with Gasteiger partial charge in [0.05, 0.1) is 0 Å². The van der Waals surface area contributed by atoms with E-state index < -0.39 is 46.9 Å². The second kappa shape index (κ2) is 16.8. The van der Waals surface area contributed by atoms with E-state index in [9.17, 15) is 24.9 Å². The third kappa shape index (κ3) is 7.98. The molecule has 7 aromatic rings. The maximum absolute atomic E-state index is 14.0. The van der Waals surface area contributed by atoms with Gasteiger partial charge in [0.2, 0.25) is 11.8 Å². The molecule has 0 radical (unpaired) electrons. The molecule has 0 bridgehead atoms. The van der Waals surface area contributed by atoms with E-state index in [4.69, 9.17) is 9.57 Å². The molecule has 0 unspecified atom stereocenters. The molecule has 1 atom stereocenters. The van der Waals surface area contributed by atoms with Crippen LogP contribution in [0.4, 0.5) is 5.13 Å². The van der Waals surface area contributed by atoms with E-state index in [0.29, 0.717) is 16.3 Å². The molecule has 11 heteroatoms. The number of esters is 1. The first-order chi connectivity index (χ1) is 27.3. The van der Waals surface area contributed by atoms with Crippen molar-refractivity contribution in [3.63, 3.8) is 0 Å². The van der Waals surface area contributed by atoms with Gasteiger partial charge in [0.15, 0.2) is 22.7 Å². The predicted octanol–water partition coefficient (Wildman–Crippen LogP) is 8.84. The van der Waals surface area contributed by atoms with Crippen LogP contribution in [0.15, 0.2) is 180 Å². The van der Waals surface area contributed by atoms with Crippen LogP contribution in [-0.2, 0) is 24.7 Å². The number of aromatic hydroxyl groups is 2. The maximum Gasteiger partial charge on any atom is 0.360 e. The molecule has 0 saturated carbocycles. The Bertz CT molecular complexity index is 2290. The monoisotopic (exact) mass is 761 g/mol. The van der Waals surface area contributed by atoms with Crippen LogP contribution in [0.25, 0.3) is 0 Å². The molecule has 1 aromatic heterocycles. The minimum absolute atomic E-state index is 0.0276. The average Bonchev–Trinajstić information content (AvgIpc) is 3.71. The zero-order chi connectivity index (χ0) is 38.9. The van der Waals surface area contributed by atoms with Gasteiger partial charge in [-0.25, -0.2) is 14.6 Å². The van der Waals surface area contributed by atoms with Gasteiger partial charge in [-0.3, -0.25) is 0 Å². The number of oxime groups is 1. The highest BCUT2D eigenvalue weighted by molar-refractivity contribution is 7.14. The summed E-state index contributed by atoms with van der Waals surface area (Å²) in [5.74, 6) is -3.35. The number of thiazole rings is 1. The SMILES string of the molecule is O=C(O)C(=NO[C@H](C(=O)OC(c1ccccc1)c1ccccc1)c1ccc(O)c(O)c1)c1csc(NC(c2ccccc2)(c2ccccc2)c2ccccc2)n1. The van der Waals surface area contributed by atoms with Gasteiger partial charge in [-0.1, -0.05) is 163 Å². The Morgan fingerprint density at radius 2 is 1.12 bits per heavy atom. The second-order valence-electron chi connectivity index (χ2n) is 12.6. The highest BCUT2D eigenvalue weighted by Crippen LogP contribution is 2.41. The van der Waals surface area contributed by atoms with Crippen LogP contribution >= 0.6 is 11.3 Å². The summed E-state index contributed by atoms with van der Waals surface area (Å²) in [4.78, 5) is 37.2. The van der Waals surface area contributed by atoms with E-state index in [1.807, 2.05) is 152 Å². The largest absolute Gasteiger partial charge is 0.504 e. The molecule has 4 N–H and O–H groups in total. The van der Waals surface area contributed by atoms with Crippen molar-refractivity contribution >= 4 is 34.1 Å². The smallest absolute Gasteiger partial charge is 0.360 e. The topological polar surface area (TPSA) is 151 Å². The zero-order valence-electron chi connectivity index (χ0n) is 29.7. The molecule has 0 saturated heterocycles. The van der Waals surface area contributed by atoms with Crippen LogP contribution in [0.5, 0.6) is 11.5 Å². The number of nitrogens with zero attached hydrogens (tertiary/aromatic N) is 2. The van der Waals surface area contributed by atoms with Crippen molar-refractivity contribution in [2.75, 3.05) is 5.32 Å². The lowest BCUT2D eigenvalue weighted by Gasteiger charge is -2.36. The molecule has 0 aliphatic carbocycles. The van der Waals surface area contributed by atoms with Crippen LogP contribution in [0, 0.1) is 0 Å². The van der Waals surface area contributed by atoms with Crippen LogP contribution < -0.4 is 5.32 Å². The quantitative estimate of drug-likeness (QED) is 0.0280. The average molecular weight is 762 g/mol. The number of ether oxygens (including phenoxy) is 1. The Hall–Kier alpha value is -7.24. The number of nitrogens with one attached hydrogen (secondary N) is 1. The van der Waals surface area contributed by atoms with E-state index >= 15 is 0 Å². The van der Waals surface area contributed by atoms with E-state index in [0.717, 1.165) is 22.8 Å². The van der Waals surface area contributed by atoms with E-state index in [-0.39, 0.29) is 11.3 Å². The Kier molecular flexibility index (Phi) is 11.2. The molecule has 0 fully saturated rings. The minimum atomic E-state index is -1.66. The molecule has 6 aromatic carbocycles. The summed E-state index contributed by atoms with van der Waals surface area (Å²) in [6.07, 6.45) is -2.53. The highest BCUT2D eigenvalue weighted by Gasteiger charge is 2.37.